The molecule has 120 valence electrons. The summed E-state index contributed by atoms with van der Waals surface area (Å²) >= 11 is 5.73. The molecule has 0 aliphatic rings. The van der Waals surface area contributed by atoms with Gasteiger partial charge >= 0.3 is 5.91 Å². The fraction of sp³-hybridized carbons (Fsp3) is 0. The molecule has 0 saturated carbocycles. The number of halogens is 1. The molecule has 1 amide bonds. The zero-order chi connectivity index (χ0) is 17.1. The number of benzene rings is 2. The van der Waals surface area contributed by atoms with Gasteiger partial charge in [-0.1, -0.05) is 35.9 Å². The first-order chi connectivity index (χ1) is 11.5. The molecule has 0 aliphatic heterocycles. The van der Waals surface area contributed by atoms with E-state index in [1.165, 1.54) is 18.3 Å². The van der Waals surface area contributed by atoms with Crippen LogP contribution in [0.1, 0.15) is 16.1 Å². The van der Waals surface area contributed by atoms with Crippen LogP contribution in [0.15, 0.2) is 58.0 Å². The summed E-state index contributed by atoms with van der Waals surface area (Å²) in [6, 6.07) is 13.0. The van der Waals surface area contributed by atoms with Crippen LogP contribution < -0.4 is 5.43 Å². The Labute approximate surface area is 140 Å². The Morgan fingerprint density at radius 2 is 2.04 bits per heavy atom. The van der Waals surface area contributed by atoms with Crippen LogP contribution in [0.4, 0.5) is 5.69 Å². The van der Waals surface area contributed by atoms with E-state index in [0.717, 1.165) is 5.39 Å². The van der Waals surface area contributed by atoms with Crippen LogP contribution in [0.5, 0.6) is 0 Å². The molecule has 0 bridgehead atoms. The molecule has 7 nitrogen and oxygen atoms in total. The van der Waals surface area contributed by atoms with E-state index < -0.39 is 10.8 Å². The number of hydrogen-bond acceptors (Lipinski definition) is 5. The molecule has 8 heteroatoms. The van der Waals surface area contributed by atoms with E-state index in [1.54, 1.807) is 24.3 Å². The van der Waals surface area contributed by atoms with E-state index in [9.17, 15) is 14.9 Å². The third kappa shape index (κ3) is 3.26. The quantitative estimate of drug-likeness (QED) is 0.443. The highest BCUT2D eigenvalue weighted by Gasteiger charge is 2.13. The van der Waals surface area contributed by atoms with Gasteiger partial charge in [0.1, 0.15) is 10.6 Å². The van der Waals surface area contributed by atoms with Gasteiger partial charge in [-0.05, 0) is 18.2 Å². The predicted molar refractivity (Wildman–Crippen MR) is 89.4 cm³/mol. The lowest BCUT2D eigenvalue weighted by molar-refractivity contribution is -0.384. The number of furan rings is 1. The Balaban J connectivity index is 1.73. The van der Waals surface area contributed by atoms with Gasteiger partial charge < -0.3 is 4.42 Å². The van der Waals surface area contributed by atoms with Gasteiger partial charge in [-0.25, -0.2) is 5.43 Å². The zero-order valence-corrected chi connectivity index (χ0v) is 12.9. The van der Waals surface area contributed by atoms with Crippen LogP contribution in [0.2, 0.25) is 5.02 Å². The van der Waals surface area contributed by atoms with Crippen molar-refractivity contribution in [3.8, 4) is 0 Å². The van der Waals surface area contributed by atoms with Crippen molar-refractivity contribution in [2.45, 2.75) is 0 Å². The van der Waals surface area contributed by atoms with Crippen LogP contribution >= 0.6 is 11.6 Å². The molecule has 0 fully saturated rings. The zero-order valence-electron chi connectivity index (χ0n) is 12.1. The Hall–Kier alpha value is -3.19. The molecule has 1 N–H and O–H groups in total. The molecule has 1 heterocycles. The molecule has 0 aliphatic carbocycles. The summed E-state index contributed by atoms with van der Waals surface area (Å²) in [5, 5.41) is 15.4. The van der Waals surface area contributed by atoms with Gasteiger partial charge in [-0.2, -0.15) is 5.10 Å². The third-order valence-corrected chi connectivity index (χ3v) is 3.52. The number of hydrogen-bond donors (Lipinski definition) is 1. The van der Waals surface area contributed by atoms with Gasteiger partial charge in [-0.3, -0.25) is 14.9 Å². The van der Waals surface area contributed by atoms with E-state index in [1.807, 2.05) is 12.1 Å². The van der Waals surface area contributed by atoms with Crippen molar-refractivity contribution < 1.29 is 14.1 Å². The van der Waals surface area contributed by atoms with Crippen molar-refractivity contribution in [3.05, 3.63) is 75.0 Å². The molecule has 0 radical (unpaired) electrons. The molecular formula is C16H10ClN3O4. The molecule has 0 atom stereocenters. The van der Waals surface area contributed by atoms with Gasteiger partial charge in [0, 0.05) is 17.0 Å². The minimum atomic E-state index is -0.591. The number of para-hydroxylation sites is 1. The summed E-state index contributed by atoms with van der Waals surface area (Å²) in [5.41, 5.74) is 3.10. The maximum Gasteiger partial charge on any atom is 0.307 e. The van der Waals surface area contributed by atoms with E-state index in [0.29, 0.717) is 11.1 Å². The van der Waals surface area contributed by atoms with Crippen LogP contribution in [-0.4, -0.2) is 17.0 Å². The predicted octanol–water partition coefficient (Wildman–Crippen LogP) is 3.76. The molecule has 24 heavy (non-hydrogen) atoms. The summed E-state index contributed by atoms with van der Waals surface area (Å²) in [6.45, 7) is 0. The minimum Gasteiger partial charge on any atom is -0.451 e. The average molecular weight is 344 g/mol. The van der Waals surface area contributed by atoms with Gasteiger partial charge in [0.25, 0.3) is 5.69 Å². The number of rotatable bonds is 4. The number of fused-ring (bicyclic) bond motifs is 1. The monoisotopic (exact) mass is 343 g/mol. The first kappa shape index (κ1) is 15.7. The summed E-state index contributed by atoms with van der Waals surface area (Å²) < 4.78 is 5.41. The minimum absolute atomic E-state index is 0.0310. The Morgan fingerprint density at radius 3 is 2.79 bits per heavy atom. The van der Waals surface area contributed by atoms with E-state index in [4.69, 9.17) is 16.0 Å². The standard InChI is InChI=1S/C16H10ClN3O4/c17-12-6-5-10(7-13(12)20(22)23)9-18-19-16(21)15-8-11-3-1-2-4-14(11)24-15/h1-9H,(H,19,21). The van der Waals surface area contributed by atoms with E-state index in [2.05, 4.69) is 10.5 Å². The second-order valence-corrected chi connectivity index (χ2v) is 5.22. The summed E-state index contributed by atoms with van der Waals surface area (Å²) in [7, 11) is 0. The Morgan fingerprint density at radius 1 is 1.25 bits per heavy atom. The van der Waals surface area contributed by atoms with Crippen LogP contribution in [0.25, 0.3) is 11.0 Å². The third-order valence-electron chi connectivity index (χ3n) is 3.20. The highest BCUT2D eigenvalue weighted by Crippen LogP contribution is 2.24. The number of carbonyl (C=O) groups is 1. The van der Waals surface area contributed by atoms with Crippen LogP contribution in [0.3, 0.4) is 0 Å². The van der Waals surface area contributed by atoms with Crippen molar-refractivity contribution in [2.24, 2.45) is 5.10 Å². The van der Waals surface area contributed by atoms with Gasteiger partial charge in [-0.15, -0.1) is 0 Å². The van der Waals surface area contributed by atoms with Crippen molar-refractivity contribution in [1.82, 2.24) is 5.43 Å². The number of nitrogens with zero attached hydrogens (tertiary/aromatic N) is 2. The molecule has 3 aromatic rings. The normalized spacial score (nSPS) is 11.0. The van der Waals surface area contributed by atoms with Crippen molar-refractivity contribution >= 4 is 40.4 Å². The lowest BCUT2D eigenvalue weighted by Crippen LogP contribution is -2.16. The van der Waals surface area contributed by atoms with E-state index >= 15 is 0 Å². The van der Waals surface area contributed by atoms with Crippen molar-refractivity contribution in [1.29, 1.82) is 0 Å². The number of nitro benzene ring substituents is 1. The van der Waals surface area contributed by atoms with Crippen LogP contribution in [0, 0.1) is 10.1 Å². The number of nitro groups is 1. The van der Waals surface area contributed by atoms with Crippen molar-refractivity contribution in [3.63, 3.8) is 0 Å². The first-order valence-electron chi connectivity index (χ1n) is 6.80. The molecule has 0 saturated heterocycles. The topological polar surface area (TPSA) is 97.7 Å². The SMILES string of the molecule is O=C(NN=Cc1ccc(Cl)c([N+](=O)[O-])c1)c1cc2ccccc2o1. The summed E-state index contributed by atoms with van der Waals surface area (Å²) in [6.07, 6.45) is 1.28. The highest BCUT2D eigenvalue weighted by atomic mass is 35.5. The fourth-order valence-corrected chi connectivity index (χ4v) is 2.25. The van der Waals surface area contributed by atoms with Gasteiger partial charge in [0.05, 0.1) is 11.1 Å². The maximum absolute atomic E-state index is 12.0. The lowest BCUT2D eigenvalue weighted by Gasteiger charge is -1.98. The number of amides is 1. The van der Waals surface area contributed by atoms with Crippen molar-refractivity contribution in [2.75, 3.05) is 0 Å². The largest absolute Gasteiger partial charge is 0.451 e. The number of carbonyl (C=O) groups excluding carboxylic acids is 1. The molecule has 0 spiro atoms. The lowest BCUT2D eigenvalue weighted by atomic mass is 10.2. The second-order valence-electron chi connectivity index (χ2n) is 4.82. The van der Waals surface area contributed by atoms with Gasteiger partial charge in [0.15, 0.2) is 5.76 Å². The summed E-state index contributed by atoms with van der Waals surface area (Å²) in [4.78, 5) is 22.2. The maximum atomic E-state index is 12.0. The smallest absolute Gasteiger partial charge is 0.307 e. The average Bonchev–Trinajstić information content (AvgIpc) is 3.00. The number of hydrazone groups is 1. The number of nitrogens with one attached hydrogen (secondary N) is 1. The Kier molecular flexibility index (Phi) is 4.26. The summed E-state index contributed by atoms with van der Waals surface area (Å²) in [5.74, 6) is -0.402. The second kappa shape index (κ2) is 6.51. The molecule has 2 aromatic carbocycles. The van der Waals surface area contributed by atoms with E-state index in [-0.39, 0.29) is 16.5 Å². The van der Waals surface area contributed by atoms with Crippen LogP contribution in [-0.2, 0) is 0 Å². The fourth-order valence-electron chi connectivity index (χ4n) is 2.06. The first-order valence-corrected chi connectivity index (χ1v) is 7.18. The van der Waals surface area contributed by atoms with Gasteiger partial charge in [0.2, 0.25) is 0 Å². The molecule has 3 rings (SSSR count). The highest BCUT2D eigenvalue weighted by molar-refractivity contribution is 6.32. The molecular weight excluding hydrogens is 334 g/mol. The molecule has 1 aromatic heterocycles. The molecule has 0 unspecified atom stereocenters. The Bertz CT molecular complexity index is 932.